The van der Waals surface area contributed by atoms with Gasteiger partial charge in [0, 0.05) is 6.54 Å². The Morgan fingerprint density at radius 3 is 2.50 bits per heavy atom. The molecule has 0 spiro atoms. The van der Waals surface area contributed by atoms with Crippen molar-refractivity contribution in [2.24, 2.45) is 17.3 Å². The van der Waals surface area contributed by atoms with Gasteiger partial charge in [-0.05, 0) is 50.0 Å². The molecule has 0 heterocycles. The second-order valence-electron chi connectivity index (χ2n) is 5.72. The molecule has 2 saturated carbocycles. The molecule has 82 valence electrons. The van der Waals surface area contributed by atoms with E-state index in [1.807, 2.05) is 0 Å². The summed E-state index contributed by atoms with van der Waals surface area (Å²) >= 11 is 0. The molecule has 0 bridgehead atoms. The summed E-state index contributed by atoms with van der Waals surface area (Å²) in [7, 11) is 2.12. The van der Waals surface area contributed by atoms with Crippen LogP contribution in [0.25, 0.3) is 0 Å². The molecule has 0 aromatic rings. The van der Waals surface area contributed by atoms with Gasteiger partial charge in [-0.25, -0.2) is 0 Å². The zero-order valence-electron chi connectivity index (χ0n) is 9.81. The molecule has 2 unspecified atom stereocenters. The van der Waals surface area contributed by atoms with Crippen LogP contribution in [0, 0.1) is 17.3 Å². The minimum Gasteiger partial charge on any atom is -0.319 e. The zero-order chi connectivity index (χ0) is 10.0. The average molecular weight is 195 g/mol. The van der Waals surface area contributed by atoms with Crippen LogP contribution < -0.4 is 5.32 Å². The molecule has 0 aromatic carbocycles. The van der Waals surface area contributed by atoms with E-state index >= 15 is 0 Å². The van der Waals surface area contributed by atoms with Crippen molar-refractivity contribution in [1.82, 2.24) is 5.32 Å². The van der Waals surface area contributed by atoms with E-state index in [0.717, 1.165) is 11.8 Å². The van der Waals surface area contributed by atoms with Gasteiger partial charge in [-0.3, -0.25) is 0 Å². The smallest absolute Gasteiger partial charge is 0.000756 e. The lowest BCUT2D eigenvalue weighted by Gasteiger charge is -2.49. The quantitative estimate of drug-likeness (QED) is 0.729. The Hall–Kier alpha value is -0.0400. The fourth-order valence-corrected chi connectivity index (χ4v) is 3.75. The predicted molar refractivity (Wildman–Crippen MR) is 61.3 cm³/mol. The van der Waals surface area contributed by atoms with Crippen molar-refractivity contribution in [3.8, 4) is 0 Å². The van der Waals surface area contributed by atoms with Crippen LogP contribution in [0.5, 0.6) is 0 Å². The molecule has 14 heavy (non-hydrogen) atoms. The van der Waals surface area contributed by atoms with Gasteiger partial charge in [-0.1, -0.05) is 26.2 Å². The van der Waals surface area contributed by atoms with Crippen LogP contribution in [0.2, 0.25) is 0 Å². The Kier molecular flexibility index (Phi) is 3.16. The molecule has 0 saturated heterocycles. The Bertz CT molecular complexity index is 182. The third kappa shape index (κ3) is 1.84. The maximum Gasteiger partial charge on any atom is 0.000756 e. The van der Waals surface area contributed by atoms with Gasteiger partial charge in [0.2, 0.25) is 0 Å². The van der Waals surface area contributed by atoms with E-state index in [1.165, 1.54) is 51.5 Å². The molecule has 2 aliphatic carbocycles. The van der Waals surface area contributed by atoms with Crippen molar-refractivity contribution in [1.29, 1.82) is 0 Å². The predicted octanol–water partition coefficient (Wildman–Crippen LogP) is 3.20. The van der Waals surface area contributed by atoms with Crippen LogP contribution in [0.4, 0.5) is 0 Å². The zero-order valence-corrected chi connectivity index (χ0v) is 9.81. The van der Waals surface area contributed by atoms with E-state index in [-0.39, 0.29) is 0 Å². The fraction of sp³-hybridized carbons (Fsp3) is 1.00. The van der Waals surface area contributed by atoms with E-state index in [4.69, 9.17) is 0 Å². The number of nitrogens with one attached hydrogen (secondary N) is 1. The number of rotatable bonds is 3. The first-order valence-electron chi connectivity index (χ1n) is 6.41. The van der Waals surface area contributed by atoms with Crippen LogP contribution in [0.3, 0.4) is 0 Å². The van der Waals surface area contributed by atoms with E-state index in [1.54, 1.807) is 0 Å². The van der Waals surface area contributed by atoms with E-state index in [0.29, 0.717) is 5.41 Å². The average Bonchev–Trinajstić information content (AvgIpc) is 2.00. The van der Waals surface area contributed by atoms with Crippen molar-refractivity contribution >= 4 is 0 Å². The van der Waals surface area contributed by atoms with Gasteiger partial charge in [-0.15, -0.1) is 0 Å². The highest BCUT2D eigenvalue weighted by molar-refractivity contribution is 4.95. The molecule has 1 heteroatoms. The second-order valence-corrected chi connectivity index (χ2v) is 5.72. The summed E-state index contributed by atoms with van der Waals surface area (Å²) in [6, 6.07) is 0. The summed E-state index contributed by atoms with van der Waals surface area (Å²) in [4.78, 5) is 0. The lowest BCUT2D eigenvalue weighted by Crippen LogP contribution is -2.45. The van der Waals surface area contributed by atoms with Crippen molar-refractivity contribution in [2.75, 3.05) is 13.6 Å². The minimum atomic E-state index is 0.685. The monoisotopic (exact) mass is 195 g/mol. The van der Waals surface area contributed by atoms with Gasteiger partial charge in [0.25, 0.3) is 0 Å². The van der Waals surface area contributed by atoms with Gasteiger partial charge in [-0.2, -0.15) is 0 Å². The van der Waals surface area contributed by atoms with Crippen LogP contribution in [0.1, 0.15) is 51.9 Å². The van der Waals surface area contributed by atoms with Crippen LogP contribution in [0.15, 0.2) is 0 Å². The molecule has 2 fully saturated rings. The highest BCUT2D eigenvalue weighted by Crippen LogP contribution is 2.51. The Morgan fingerprint density at radius 2 is 2.00 bits per heavy atom. The van der Waals surface area contributed by atoms with Crippen LogP contribution >= 0.6 is 0 Å². The number of hydrogen-bond acceptors (Lipinski definition) is 1. The van der Waals surface area contributed by atoms with Crippen LogP contribution in [-0.2, 0) is 0 Å². The first-order chi connectivity index (χ1) is 6.77. The van der Waals surface area contributed by atoms with E-state index < -0.39 is 0 Å². The van der Waals surface area contributed by atoms with Gasteiger partial charge in [0.15, 0.2) is 0 Å². The molecule has 2 aliphatic rings. The molecule has 0 aromatic heterocycles. The van der Waals surface area contributed by atoms with Gasteiger partial charge in [0.05, 0.1) is 0 Å². The minimum absolute atomic E-state index is 0.685. The van der Waals surface area contributed by atoms with E-state index in [2.05, 4.69) is 19.3 Å². The lowest BCUT2D eigenvalue weighted by molar-refractivity contribution is 0.0232. The van der Waals surface area contributed by atoms with Crippen molar-refractivity contribution < 1.29 is 0 Å². The molecular formula is C13H25N. The van der Waals surface area contributed by atoms with Crippen molar-refractivity contribution in [3.05, 3.63) is 0 Å². The lowest BCUT2D eigenvalue weighted by atomic mass is 9.57. The highest BCUT2D eigenvalue weighted by atomic mass is 14.8. The highest BCUT2D eigenvalue weighted by Gasteiger charge is 2.43. The maximum atomic E-state index is 3.45. The van der Waals surface area contributed by atoms with Gasteiger partial charge in [0.1, 0.15) is 0 Å². The van der Waals surface area contributed by atoms with Crippen molar-refractivity contribution in [3.63, 3.8) is 0 Å². The first kappa shape index (κ1) is 10.5. The molecular weight excluding hydrogens is 170 g/mol. The number of hydrogen-bond donors (Lipinski definition) is 1. The third-order valence-electron chi connectivity index (χ3n) is 4.63. The normalized spacial score (nSPS) is 39.4. The Balaban J connectivity index is 2.03. The standard InChI is InChI=1S/C13H25N/c1-11-5-4-8-13(9-11,10-14-2)12-6-3-7-12/h11-12,14H,3-10H2,1-2H3. The molecule has 2 rings (SSSR count). The molecule has 0 aliphatic heterocycles. The topological polar surface area (TPSA) is 12.0 Å². The molecule has 2 atom stereocenters. The molecule has 0 radical (unpaired) electrons. The molecule has 1 nitrogen and oxygen atoms in total. The summed E-state index contributed by atoms with van der Waals surface area (Å²) in [6.07, 6.45) is 10.4. The van der Waals surface area contributed by atoms with Crippen molar-refractivity contribution in [2.45, 2.75) is 51.9 Å². The third-order valence-corrected chi connectivity index (χ3v) is 4.63. The fourth-order valence-electron chi connectivity index (χ4n) is 3.75. The van der Waals surface area contributed by atoms with Crippen LogP contribution in [-0.4, -0.2) is 13.6 Å². The second kappa shape index (κ2) is 4.22. The maximum absolute atomic E-state index is 3.45. The SMILES string of the molecule is CNCC1(C2CCC2)CCCC(C)C1. The summed E-state index contributed by atoms with van der Waals surface area (Å²) in [6.45, 7) is 3.71. The van der Waals surface area contributed by atoms with Gasteiger partial charge < -0.3 is 5.32 Å². The Morgan fingerprint density at radius 1 is 1.21 bits per heavy atom. The summed E-state index contributed by atoms with van der Waals surface area (Å²) < 4.78 is 0. The summed E-state index contributed by atoms with van der Waals surface area (Å²) in [5, 5.41) is 3.45. The van der Waals surface area contributed by atoms with Gasteiger partial charge >= 0.3 is 0 Å². The first-order valence-corrected chi connectivity index (χ1v) is 6.41. The summed E-state index contributed by atoms with van der Waals surface area (Å²) in [5.41, 5.74) is 0.685. The Labute approximate surface area is 88.7 Å². The largest absolute Gasteiger partial charge is 0.319 e. The van der Waals surface area contributed by atoms with E-state index in [9.17, 15) is 0 Å². The summed E-state index contributed by atoms with van der Waals surface area (Å²) in [5.74, 6) is 2.02. The molecule has 1 N–H and O–H groups in total. The molecule has 0 amide bonds.